The summed E-state index contributed by atoms with van der Waals surface area (Å²) in [5, 5.41) is 2.91. The van der Waals surface area contributed by atoms with Gasteiger partial charge >= 0.3 is 5.97 Å². The number of hydrogen-bond donors (Lipinski definition) is 1. The molecule has 1 atom stereocenters. The molecule has 0 aliphatic rings. The highest BCUT2D eigenvalue weighted by Crippen LogP contribution is 2.30. The van der Waals surface area contributed by atoms with Crippen LogP contribution in [0.2, 0.25) is 0 Å². The lowest BCUT2D eigenvalue weighted by molar-refractivity contribution is -0.145. The Hall–Kier alpha value is -3.18. The fourth-order valence-electron chi connectivity index (χ4n) is 4.06. The molecule has 1 amide bonds. The highest BCUT2D eigenvalue weighted by molar-refractivity contribution is 5.77. The Labute approximate surface area is 232 Å². The molecule has 0 aliphatic heterocycles. The molecule has 0 aromatic heterocycles. The van der Waals surface area contributed by atoms with Gasteiger partial charge in [-0.15, -0.1) is 0 Å². The lowest BCUT2D eigenvalue weighted by atomic mass is 10.1. The number of likely N-dealkylation sites (N-methyl/N-ethyl adjacent to an activating group) is 1. The predicted molar refractivity (Wildman–Crippen MR) is 142 cm³/mol. The van der Waals surface area contributed by atoms with Gasteiger partial charge in [0, 0.05) is 19.6 Å². The molecule has 1 N–H and O–H groups in total. The summed E-state index contributed by atoms with van der Waals surface area (Å²) in [4.78, 5) is 26.6. The molecule has 0 bridgehead atoms. The van der Waals surface area contributed by atoms with Gasteiger partial charge in [-0.3, -0.25) is 9.59 Å². The third-order valence-corrected chi connectivity index (χ3v) is 6.06. The average molecular weight is 571 g/mol. The lowest BCUT2D eigenvalue weighted by Gasteiger charge is -2.22. The van der Waals surface area contributed by atoms with Crippen LogP contribution in [-0.2, 0) is 32.3 Å². The van der Waals surface area contributed by atoms with Gasteiger partial charge in [0.05, 0.1) is 31.7 Å². The smallest absolute Gasteiger partial charge is 0.308 e. The monoisotopic (exact) mass is 570 g/mol. The first-order valence-electron chi connectivity index (χ1n) is 13.2. The van der Waals surface area contributed by atoms with Crippen LogP contribution in [0, 0.1) is 23.3 Å². The SMILES string of the molecule is COc1c(F)c(F)c(COCCCCCCCC(=O)NC(CC(=O)OCc2ccccc2)CN(C)C)c(F)c1F. The summed E-state index contributed by atoms with van der Waals surface area (Å²) < 4.78 is 70.4. The van der Waals surface area contributed by atoms with Crippen LogP contribution in [0.3, 0.4) is 0 Å². The van der Waals surface area contributed by atoms with Crippen LogP contribution >= 0.6 is 0 Å². The van der Waals surface area contributed by atoms with E-state index in [-0.39, 0.29) is 37.6 Å². The van der Waals surface area contributed by atoms with Crippen molar-refractivity contribution in [3.05, 3.63) is 64.7 Å². The minimum Gasteiger partial charge on any atom is -0.491 e. The number of halogens is 4. The maximum Gasteiger partial charge on any atom is 0.308 e. The third kappa shape index (κ3) is 11.1. The van der Waals surface area contributed by atoms with Gasteiger partial charge in [-0.05, 0) is 32.5 Å². The van der Waals surface area contributed by atoms with E-state index >= 15 is 0 Å². The number of hydrogen-bond acceptors (Lipinski definition) is 6. The lowest BCUT2D eigenvalue weighted by Crippen LogP contribution is -2.43. The Kier molecular flexibility index (Phi) is 14.4. The van der Waals surface area contributed by atoms with Gasteiger partial charge < -0.3 is 24.4 Å². The summed E-state index contributed by atoms with van der Waals surface area (Å²) in [5.41, 5.74) is 0.0697. The zero-order valence-electron chi connectivity index (χ0n) is 23.2. The van der Waals surface area contributed by atoms with E-state index in [4.69, 9.17) is 9.47 Å². The Bertz CT molecular complexity index is 1060. The van der Waals surface area contributed by atoms with E-state index in [9.17, 15) is 27.2 Å². The second-order valence-corrected chi connectivity index (χ2v) is 9.72. The van der Waals surface area contributed by atoms with Gasteiger partial charge in [0.15, 0.2) is 17.4 Å². The second kappa shape index (κ2) is 17.5. The minimum absolute atomic E-state index is 0.0698. The quantitative estimate of drug-likeness (QED) is 0.114. The standard InChI is InChI=1S/C29H38F4N2O5/c1-35(2)17-21(16-24(37)40-18-20-12-8-7-9-13-20)34-23(36)14-10-5-4-6-11-15-39-19-22-25(30)27(32)29(38-3)28(33)26(22)31/h7-9,12-13,21H,4-6,10-11,14-19H2,1-3H3,(H,34,36). The van der Waals surface area contributed by atoms with E-state index in [1.165, 1.54) is 0 Å². The number of benzene rings is 2. The van der Waals surface area contributed by atoms with Crippen molar-refractivity contribution in [2.75, 3.05) is 34.4 Å². The van der Waals surface area contributed by atoms with Crippen molar-refractivity contribution >= 4 is 11.9 Å². The molecule has 0 aliphatic carbocycles. The first-order valence-corrected chi connectivity index (χ1v) is 13.2. The van der Waals surface area contributed by atoms with Gasteiger partial charge in [0.2, 0.25) is 17.5 Å². The molecule has 40 heavy (non-hydrogen) atoms. The molecule has 1 unspecified atom stereocenters. The molecule has 0 fully saturated rings. The Morgan fingerprint density at radius 3 is 2.12 bits per heavy atom. The Morgan fingerprint density at radius 2 is 1.50 bits per heavy atom. The zero-order valence-corrected chi connectivity index (χ0v) is 23.2. The summed E-state index contributed by atoms with van der Waals surface area (Å²) in [5.74, 6) is -7.90. The molecule has 0 spiro atoms. The van der Waals surface area contributed by atoms with Crippen LogP contribution in [0.4, 0.5) is 17.6 Å². The average Bonchev–Trinajstić information content (AvgIpc) is 2.92. The normalized spacial score (nSPS) is 11.9. The van der Waals surface area contributed by atoms with E-state index in [0.717, 1.165) is 31.9 Å². The highest BCUT2D eigenvalue weighted by Gasteiger charge is 2.26. The zero-order chi connectivity index (χ0) is 29.5. The van der Waals surface area contributed by atoms with Gasteiger partial charge in [-0.1, -0.05) is 49.6 Å². The van der Waals surface area contributed by atoms with E-state index < -0.39 is 41.2 Å². The summed E-state index contributed by atoms with van der Waals surface area (Å²) in [7, 11) is 4.63. The summed E-state index contributed by atoms with van der Waals surface area (Å²) in [6.07, 6.45) is 3.94. The van der Waals surface area contributed by atoms with Gasteiger partial charge in [-0.2, -0.15) is 8.78 Å². The number of esters is 1. The van der Waals surface area contributed by atoms with Crippen molar-refractivity contribution in [3.8, 4) is 5.75 Å². The minimum atomic E-state index is -1.60. The van der Waals surface area contributed by atoms with Crippen LogP contribution < -0.4 is 10.1 Å². The molecule has 11 heteroatoms. The van der Waals surface area contributed by atoms with Crippen LogP contribution in [-0.4, -0.2) is 57.2 Å². The topological polar surface area (TPSA) is 77.1 Å². The van der Waals surface area contributed by atoms with E-state index in [1.807, 2.05) is 49.3 Å². The van der Waals surface area contributed by atoms with Crippen LogP contribution in [0.25, 0.3) is 0 Å². The molecule has 0 heterocycles. The van der Waals surface area contributed by atoms with E-state index in [2.05, 4.69) is 10.1 Å². The molecule has 0 saturated carbocycles. The number of carbonyl (C=O) groups is 2. The molecule has 2 rings (SSSR count). The van der Waals surface area contributed by atoms with Crippen molar-refractivity contribution in [3.63, 3.8) is 0 Å². The summed E-state index contributed by atoms with van der Waals surface area (Å²) in [6.45, 7) is 0.223. The first-order chi connectivity index (χ1) is 19.1. The molecule has 0 radical (unpaired) electrons. The van der Waals surface area contributed by atoms with Crippen molar-refractivity contribution in [2.45, 2.75) is 64.2 Å². The fourth-order valence-corrected chi connectivity index (χ4v) is 4.06. The molecule has 222 valence electrons. The Balaban J connectivity index is 1.62. The van der Waals surface area contributed by atoms with E-state index in [1.54, 1.807) is 0 Å². The molecule has 2 aromatic rings. The van der Waals surface area contributed by atoms with E-state index in [0.29, 0.717) is 25.8 Å². The van der Waals surface area contributed by atoms with Crippen LogP contribution in [0.5, 0.6) is 5.75 Å². The first kappa shape index (κ1) is 33.0. The largest absolute Gasteiger partial charge is 0.491 e. The summed E-state index contributed by atoms with van der Waals surface area (Å²) in [6, 6.07) is 8.99. The van der Waals surface area contributed by atoms with Crippen molar-refractivity contribution < 1.29 is 41.4 Å². The number of nitrogens with one attached hydrogen (secondary N) is 1. The van der Waals surface area contributed by atoms with Gasteiger partial charge in [0.25, 0.3) is 0 Å². The van der Waals surface area contributed by atoms with Gasteiger partial charge in [0.1, 0.15) is 6.61 Å². The number of methoxy groups -OCH3 is 1. The van der Waals surface area contributed by atoms with Crippen LogP contribution in [0.15, 0.2) is 30.3 Å². The molecular weight excluding hydrogens is 532 g/mol. The molecule has 0 saturated heterocycles. The number of amides is 1. The molecule has 2 aromatic carbocycles. The third-order valence-electron chi connectivity index (χ3n) is 6.06. The number of carbonyl (C=O) groups excluding carboxylic acids is 2. The van der Waals surface area contributed by atoms with Gasteiger partial charge in [-0.25, -0.2) is 8.78 Å². The Morgan fingerprint density at radius 1 is 0.875 bits per heavy atom. The van der Waals surface area contributed by atoms with Crippen molar-refractivity contribution in [1.29, 1.82) is 0 Å². The molecule has 7 nitrogen and oxygen atoms in total. The maximum absolute atomic E-state index is 14.0. The summed E-state index contributed by atoms with van der Waals surface area (Å²) >= 11 is 0. The predicted octanol–water partition coefficient (Wildman–Crippen LogP) is 5.29. The van der Waals surface area contributed by atoms with Crippen molar-refractivity contribution in [2.24, 2.45) is 0 Å². The number of nitrogens with zero attached hydrogens (tertiary/aromatic N) is 1. The number of unbranched alkanes of at least 4 members (excludes halogenated alkanes) is 4. The van der Waals surface area contributed by atoms with Crippen LogP contribution in [0.1, 0.15) is 56.1 Å². The second-order valence-electron chi connectivity index (χ2n) is 9.72. The van der Waals surface area contributed by atoms with Crippen molar-refractivity contribution in [1.82, 2.24) is 10.2 Å². The number of ether oxygens (including phenoxy) is 3. The molecular formula is C29H38F4N2O5. The highest BCUT2D eigenvalue weighted by atomic mass is 19.2. The maximum atomic E-state index is 14.0. The number of rotatable bonds is 18. The fraction of sp³-hybridized carbons (Fsp3) is 0.517.